The molecule has 148 valence electrons. The number of methoxy groups -OCH3 is 2. The van der Waals surface area contributed by atoms with Gasteiger partial charge in [0.25, 0.3) is 0 Å². The van der Waals surface area contributed by atoms with E-state index in [1.807, 2.05) is 0 Å². The Morgan fingerprint density at radius 3 is 2.22 bits per heavy atom. The molecule has 1 N–H and O–H groups in total. The predicted molar refractivity (Wildman–Crippen MR) is 103 cm³/mol. The number of ether oxygens (including phenoxy) is 5. The smallest absolute Gasteiger partial charge is 0.161 e. The van der Waals surface area contributed by atoms with Gasteiger partial charge < -0.3 is 28.8 Å². The number of phenolic OH excluding ortho intramolecular Hbond substituents is 1. The first-order valence-corrected chi connectivity index (χ1v) is 6.83. The van der Waals surface area contributed by atoms with Crippen molar-refractivity contribution < 1.29 is 61.7 Å². The predicted octanol–water partition coefficient (Wildman–Crippen LogP) is 3.50. The molecule has 6 nitrogen and oxygen atoms in total. The van der Waals surface area contributed by atoms with Gasteiger partial charge in [-0.05, 0) is 24.2 Å². The Morgan fingerprint density at radius 1 is 1.11 bits per heavy atom. The summed E-state index contributed by atoms with van der Waals surface area (Å²) in [5.74, 6) is -6.16. The molecule has 0 aliphatic carbocycles. The van der Waals surface area contributed by atoms with Crippen molar-refractivity contribution in [2.24, 2.45) is 0 Å². The fourth-order valence-corrected chi connectivity index (χ4v) is 1.11. The Hall–Kier alpha value is -2.15. The molecule has 4 rings (SSSR count). The molecule has 0 radical (unpaired) electrons. The molecular weight excluding hydrogens is 372 g/mol. The summed E-state index contributed by atoms with van der Waals surface area (Å²) in [6.45, 7) is -8.17. The Kier molecular flexibility index (Phi) is 2.43. The van der Waals surface area contributed by atoms with Gasteiger partial charge in [-0.1, -0.05) is 24.2 Å². The van der Waals surface area contributed by atoms with E-state index in [-0.39, 0.29) is 0 Å². The molecule has 2 heterocycles. The van der Waals surface area contributed by atoms with Crippen LogP contribution in [-0.4, -0.2) is 56.9 Å². The van der Waals surface area contributed by atoms with Crippen LogP contribution in [0.25, 0.3) is 0 Å². The van der Waals surface area contributed by atoms with Crippen LogP contribution in [0.4, 0.5) is 0 Å². The van der Waals surface area contributed by atoms with Crippen LogP contribution in [-0.2, 0) is 9.47 Å². The first kappa shape index (κ1) is 5.69. The van der Waals surface area contributed by atoms with Gasteiger partial charge in [0.2, 0.25) is 0 Å². The summed E-state index contributed by atoms with van der Waals surface area (Å²) in [5, 5.41) is 9.36. The lowest BCUT2D eigenvalue weighted by Gasteiger charge is -2.08. The van der Waals surface area contributed by atoms with E-state index in [0.717, 1.165) is 0 Å². The fourth-order valence-electron chi connectivity index (χ4n) is 1.03. The normalized spacial score (nSPS) is 42.9. The average molecular weight is 421 g/mol. The number of alkyl halides is 1. The van der Waals surface area contributed by atoms with Crippen LogP contribution in [0.5, 0.6) is 23.0 Å². The molecule has 0 bridgehead atoms. The molecule has 2 saturated heterocycles. The lowest BCUT2D eigenvalue weighted by Crippen LogP contribution is -2.04. The molecule has 7 heteroatoms. The molecule has 2 fully saturated rings. The van der Waals surface area contributed by atoms with Crippen molar-refractivity contribution in [2.45, 2.75) is 12.2 Å². The maximum absolute atomic E-state index is 9.36. The minimum absolute atomic E-state index is 0.652. The molecule has 2 aromatic rings. The van der Waals surface area contributed by atoms with Crippen LogP contribution in [0.3, 0.4) is 0 Å². The highest BCUT2D eigenvalue weighted by atomic mass is 35.5. The van der Waals surface area contributed by atoms with Crippen LogP contribution in [0.15, 0.2) is 48.3 Å². The van der Waals surface area contributed by atoms with E-state index in [9.17, 15) is 5.11 Å². The summed E-state index contributed by atoms with van der Waals surface area (Å²) in [5.41, 5.74) is 0. The van der Waals surface area contributed by atoms with Crippen molar-refractivity contribution in [1.82, 2.24) is 0 Å². The van der Waals surface area contributed by atoms with E-state index in [4.69, 9.17) is 49.2 Å². The van der Waals surface area contributed by atoms with E-state index in [2.05, 4.69) is 18.9 Å². The summed E-state index contributed by atoms with van der Waals surface area (Å²) in [4.78, 5) is 0. The molecule has 2 aliphatic rings. The largest absolute Gasteiger partial charge is 0.504 e. The Labute approximate surface area is 198 Å². The second kappa shape index (κ2) is 11.5. The number of hydrogen-bond acceptors (Lipinski definition) is 6. The minimum Gasteiger partial charge on any atom is -0.504 e. The highest BCUT2D eigenvalue weighted by Gasteiger charge is 2.23. The summed E-state index contributed by atoms with van der Waals surface area (Å²) < 4.78 is 195. The monoisotopic (exact) mass is 420 g/mol. The number of rotatable bonds is 6. The van der Waals surface area contributed by atoms with Crippen molar-refractivity contribution in [2.75, 3.05) is 39.6 Å². The maximum atomic E-state index is 9.36. The summed E-state index contributed by atoms with van der Waals surface area (Å²) in [7, 11) is -6.03. The van der Waals surface area contributed by atoms with Crippen LogP contribution < -0.4 is 14.2 Å². The van der Waals surface area contributed by atoms with Gasteiger partial charge in [0, 0.05) is 2.74 Å². The van der Waals surface area contributed by atoms with Gasteiger partial charge in [0.05, 0.1) is 69.3 Å². The molecule has 2 aliphatic heterocycles. The third kappa shape index (κ3) is 8.39. The number of aromatic hydroxyl groups is 1. The third-order valence-corrected chi connectivity index (χ3v) is 2.37. The number of para-hydroxylation sites is 4. The van der Waals surface area contributed by atoms with Crippen molar-refractivity contribution in [3.8, 4) is 23.0 Å². The Morgan fingerprint density at radius 2 is 1.67 bits per heavy atom. The Balaban J connectivity index is 0.000000295. The standard InChI is InChI=1S/C10H12O3.C7H8O2.C3H5ClO/c1-11-9-4-2-3-5-10(9)13-7-8-6-12-8;1-9-7-5-3-2-4-6(7)8;4-1-3-2-5-3/h2-5,8H,6-7H2,1H3;2-5,8H,1H3;3H,1-2H2/i1D3,2D,3D,4D,5D,6D2,7D2,8D;1D3,2D,3D,4D,5D;1D2,2D2,3D. The number of phenols is 1. The first-order chi connectivity index (χ1) is 22.4. The van der Waals surface area contributed by atoms with Gasteiger partial charge >= 0.3 is 0 Å². The molecule has 2 aromatic carbocycles. The van der Waals surface area contributed by atoms with Gasteiger partial charge in [-0.15, -0.1) is 11.6 Å². The van der Waals surface area contributed by atoms with Crippen LogP contribution in [0, 0.1) is 0 Å². The zero-order valence-corrected chi connectivity index (χ0v) is 13.6. The van der Waals surface area contributed by atoms with E-state index < -0.39 is 123 Å². The molecule has 0 amide bonds. The highest BCUT2D eigenvalue weighted by Crippen LogP contribution is 2.26. The van der Waals surface area contributed by atoms with Gasteiger partial charge in [-0.2, -0.15) is 0 Å². The highest BCUT2D eigenvalue weighted by molar-refractivity contribution is 6.18. The number of halogens is 1. The lowest BCUT2D eigenvalue weighted by atomic mass is 10.3. The third-order valence-electron chi connectivity index (χ3n) is 2.20. The van der Waals surface area contributed by atoms with E-state index >= 15 is 0 Å². The minimum atomic E-state index is -3.22. The molecule has 0 saturated carbocycles. The summed E-state index contributed by atoms with van der Waals surface area (Å²) in [6, 6.07) is -6.35. The quantitative estimate of drug-likeness (QED) is 0.569. The summed E-state index contributed by atoms with van der Waals surface area (Å²) in [6.07, 6.45) is -5.05. The average Bonchev–Trinajstić information content (AvgIpc) is 3.72. The zero-order valence-electron chi connectivity index (χ0n) is 36.9. The molecule has 27 heavy (non-hydrogen) atoms. The van der Waals surface area contributed by atoms with Gasteiger partial charge in [0.1, 0.15) is 12.6 Å². The van der Waals surface area contributed by atoms with Crippen molar-refractivity contribution in [1.29, 1.82) is 0 Å². The first-order valence-electron chi connectivity index (χ1n) is 18.5. The lowest BCUT2D eigenvalue weighted by molar-refractivity contribution is 0.252. The maximum Gasteiger partial charge on any atom is 0.161 e. The van der Waals surface area contributed by atoms with Crippen molar-refractivity contribution >= 4 is 11.6 Å². The number of hydrogen-bond donors (Lipinski definition) is 1. The number of benzene rings is 2. The number of epoxide rings is 2. The van der Waals surface area contributed by atoms with E-state index in [0.29, 0.717) is 0 Å². The Bertz CT molecular complexity index is 1630. The van der Waals surface area contributed by atoms with Crippen LogP contribution in [0.2, 0.25) is 0 Å². The summed E-state index contributed by atoms with van der Waals surface area (Å²) >= 11 is 5.04. The van der Waals surface area contributed by atoms with Crippen LogP contribution in [0.1, 0.15) is 32.9 Å². The van der Waals surface area contributed by atoms with E-state index in [1.165, 1.54) is 0 Å². The fraction of sp³-hybridized carbons (Fsp3) is 0.400. The van der Waals surface area contributed by atoms with Crippen LogP contribution >= 0.6 is 11.6 Å². The molecular formula is C20H25ClO6. The van der Waals surface area contributed by atoms with Gasteiger partial charge in [-0.3, -0.25) is 0 Å². The second-order valence-corrected chi connectivity index (χ2v) is 4.09. The second-order valence-electron chi connectivity index (χ2n) is 3.91. The molecule has 0 aromatic heterocycles. The SMILES string of the molecule is [2H]C([2H])(Cl)C1([2H])OC1([2H])[2H].[2H]c1c([2H])c([2H])c(OC([2H])([2H])C2([2H])OC2([2H])[2H])c(OC([2H])([2H])[2H])c1[2H].[2H]c1c([2H])c([2H])c(OC([2H])([2H])[2H])c(O)c1[2H]. The molecule has 2 unspecified atom stereocenters. The molecule has 2 atom stereocenters. The zero-order chi connectivity index (χ0) is 40.5. The van der Waals surface area contributed by atoms with Crippen molar-refractivity contribution in [3.63, 3.8) is 0 Å². The van der Waals surface area contributed by atoms with E-state index in [1.54, 1.807) is 0 Å². The van der Waals surface area contributed by atoms with Gasteiger partial charge in [0.15, 0.2) is 23.0 Å². The molecule has 0 spiro atoms. The topological polar surface area (TPSA) is 73.0 Å². The van der Waals surface area contributed by atoms with Crippen molar-refractivity contribution in [3.05, 3.63) is 48.3 Å². The van der Waals surface area contributed by atoms with Gasteiger partial charge in [-0.25, -0.2) is 0 Å².